The molecule has 0 amide bonds. The Kier molecular flexibility index (Phi) is 4.19. The smallest absolute Gasteiger partial charge is 0.194 e. The monoisotopic (exact) mass is 262 g/mol. The van der Waals surface area contributed by atoms with Gasteiger partial charge in [-0.3, -0.25) is 4.99 Å². The maximum absolute atomic E-state index is 5.65. The van der Waals surface area contributed by atoms with E-state index in [1.165, 1.54) is 0 Å². The number of hydrogen-bond acceptors (Lipinski definition) is 4. The number of nitrogens with zero attached hydrogens (tertiary/aromatic N) is 2. The van der Waals surface area contributed by atoms with E-state index in [-0.39, 0.29) is 17.0 Å². The Morgan fingerprint density at radius 2 is 2.00 bits per heavy atom. The van der Waals surface area contributed by atoms with Crippen LogP contribution in [0.1, 0.15) is 13.8 Å². The minimum atomic E-state index is 0. The van der Waals surface area contributed by atoms with Gasteiger partial charge in [-0.2, -0.15) is 0 Å². The molecule has 0 spiro atoms. The van der Waals surface area contributed by atoms with E-state index in [4.69, 9.17) is 4.74 Å². The van der Waals surface area contributed by atoms with Gasteiger partial charge in [0.05, 0.1) is 18.8 Å². The molecular weight excluding hydrogens is 246 g/mol. The van der Waals surface area contributed by atoms with Crippen LogP contribution in [0.2, 0.25) is 0 Å². The molecule has 0 aromatic carbocycles. The topological polar surface area (TPSA) is 36.9 Å². The number of ether oxygens (including phenoxy) is 1. The number of hydrogen-bond donors (Lipinski definition) is 1. The molecular formula is C9H17BrN3O-. The first-order chi connectivity index (χ1) is 6.25. The maximum atomic E-state index is 5.65. The molecule has 0 saturated carbocycles. The summed E-state index contributed by atoms with van der Waals surface area (Å²) in [6.45, 7) is 8.02. The maximum Gasteiger partial charge on any atom is 0.194 e. The zero-order valence-corrected chi connectivity index (χ0v) is 10.2. The summed E-state index contributed by atoms with van der Waals surface area (Å²) in [5.74, 6) is 1.06. The Bertz CT molecular complexity index is 212. The molecule has 82 valence electrons. The highest BCUT2D eigenvalue weighted by Gasteiger charge is 2.25. The number of morpholine rings is 1. The number of halogens is 1. The summed E-state index contributed by atoms with van der Waals surface area (Å²) in [5.41, 5.74) is 0. The molecule has 2 aliphatic rings. The van der Waals surface area contributed by atoms with Crippen molar-refractivity contribution in [3.63, 3.8) is 0 Å². The van der Waals surface area contributed by atoms with E-state index < -0.39 is 0 Å². The first-order valence-corrected chi connectivity index (χ1v) is 4.94. The zero-order chi connectivity index (χ0) is 9.26. The number of rotatable bonds is 0. The molecule has 0 aromatic rings. The highest BCUT2D eigenvalue weighted by molar-refractivity contribution is 5.81. The Morgan fingerprint density at radius 1 is 1.36 bits per heavy atom. The van der Waals surface area contributed by atoms with Crippen molar-refractivity contribution in [1.29, 1.82) is 0 Å². The molecule has 1 N–H and O–H groups in total. The molecule has 2 heterocycles. The molecule has 2 aliphatic heterocycles. The van der Waals surface area contributed by atoms with Crippen LogP contribution in [-0.4, -0.2) is 49.2 Å². The van der Waals surface area contributed by atoms with Crippen LogP contribution < -0.4 is 22.3 Å². The Balaban J connectivity index is 0.000000980. The van der Waals surface area contributed by atoms with Crippen molar-refractivity contribution in [1.82, 2.24) is 10.2 Å². The van der Waals surface area contributed by atoms with Crippen molar-refractivity contribution < 1.29 is 21.7 Å². The highest BCUT2D eigenvalue weighted by atomic mass is 79.9. The van der Waals surface area contributed by atoms with Gasteiger partial charge in [0.15, 0.2) is 5.96 Å². The lowest BCUT2D eigenvalue weighted by Crippen LogP contribution is -3.00. The van der Waals surface area contributed by atoms with Crippen LogP contribution >= 0.6 is 0 Å². The standard InChI is InChI=1S/C9H17N3O.BrH/c1-7-5-12(6-8(2)13-7)9-10-3-4-11-9;/h7-8H,3-6H2,1-2H3,(H,10,11);1H/p-1. The van der Waals surface area contributed by atoms with Gasteiger partial charge in [-0.15, -0.1) is 0 Å². The summed E-state index contributed by atoms with van der Waals surface area (Å²) in [4.78, 5) is 6.69. The minimum absolute atomic E-state index is 0. The molecule has 0 radical (unpaired) electrons. The lowest BCUT2D eigenvalue weighted by molar-refractivity contribution is -0.0487. The van der Waals surface area contributed by atoms with Gasteiger partial charge >= 0.3 is 0 Å². The molecule has 2 unspecified atom stereocenters. The predicted octanol–water partition coefficient (Wildman–Crippen LogP) is -2.94. The van der Waals surface area contributed by atoms with Gasteiger partial charge in [-0.1, -0.05) is 0 Å². The van der Waals surface area contributed by atoms with E-state index in [1.54, 1.807) is 0 Å². The SMILES string of the molecule is CC1CN(C2=NCCN2)CC(C)O1.[Br-]. The first-order valence-electron chi connectivity index (χ1n) is 4.94. The Labute approximate surface area is 95.5 Å². The van der Waals surface area contributed by atoms with Crippen molar-refractivity contribution in [2.45, 2.75) is 26.1 Å². The highest BCUT2D eigenvalue weighted by Crippen LogP contribution is 2.11. The Morgan fingerprint density at radius 3 is 2.50 bits per heavy atom. The van der Waals surface area contributed by atoms with Crippen LogP contribution in [0, 0.1) is 0 Å². The molecule has 0 aromatic heterocycles. The van der Waals surface area contributed by atoms with E-state index in [2.05, 4.69) is 29.1 Å². The molecule has 4 nitrogen and oxygen atoms in total. The van der Waals surface area contributed by atoms with Crippen LogP contribution in [0.5, 0.6) is 0 Å². The van der Waals surface area contributed by atoms with Gasteiger partial charge in [-0.05, 0) is 13.8 Å². The predicted molar refractivity (Wildman–Crippen MR) is 51.9 cm³/mol. The second kappa shape index (κ2) is 4.98. The quantitative estimate of drug-likeness (QED) is 0.508. The van der Waals surface area contributed by atoms with Crippen LogP contribution in [0.3, 0.4) is 0 Å². The third-order valence-electron chi connectivity index (χ3n) is 2.38. The molecule has 1 fully saturated rings. The minimum Gasteiger partial charge on any atom is -1.00 e. The average Bonchev–Trinajstić information content (AvgIpc) is 2.53. The van der Waals surface area contributed by atoms with Crippen molar-refractivity contribution in [2.24, 2.45) is 4.99 Å². The van der Waals surface area contributed by atoms with Gasteiger partial charge in [0, 0.05) is 19.6 Å². The lowest BCUT2D eigenvalue weighted by atomic mass is 10.2. The van der Waals surface area contributed by atoms with Crippen LogP contribution in [0.25, 0.3) is 0 Å². The fourth-order valence-electron chi connectivity index (χ4n) is 1.95. The van der Waals surface area contributed by atoms with Crippen LogP contribution in [0.15, 0.2) is 4.99 Å². The normalized spacial score (nSPS) is 31.9. The zero-order valence-electron chi connectivity index (χ0n) is 8.66. The summed E-state index contributed by atoms with van der Waals surface area (Å²) in [6.07, 6.45) is 0.627. The van der Waals surface area contributed by atoms with Crippen molar-refractivity contribution in [3.8, 4) is 0 Å². The fraction of sp³-hybridized carbons (Fsp3) is 0.889. The van der Waals surface area contributed by atoms with Crippen molar-refractivity contribution in [2.75, 3.05) is 26.2 Å². The molecule has 1 saturated heterocycles. The summed E-state index contributed by atoms with van der Waals surface area (Å²) in [5, 5.41) is 3.29. The summed E-state index contributed by atoms with van der Waals surface area (Å²) in [6, 6.07) is 0. The third-order valence-corrected chi connectivity index (χ3v) is 2.38. The Hall–Kier alpha value is -0.290. The third kappa shape index (κ3) is 2.60. The fourth-order valence-corrected chi connectivity index (χ4v) is 1.95. The van der Waals surface area contributed by atoms with Crippen LogP contribution in [-0.2, 0) is 4.74 Å². The summed E-state index contributed by atoms with van der Waals surface area (Å²) >= 11 is 0. The van der Waals surface area contributed by atoms with Gasteiger partial charge in [0.2, 0.25) is 0 Å². The first kappa shape index (κ1) is 11.8. The second-order valence-corrected chi connectivity index (χ2v) is 3.79. The van der Waals surface area contributed by atoms with E-state index in [0.717, 1.165) is 32.1 Å². The van der Waals surface area contributed by atoms with Gasteiger partial charge in [0.1, 0.15) is 0 Å². The van der Waals surface area contributed by atoms with Gasteiger partial charge in [-0.25, -0.2) is 0 Å². The average molecular weight is 263 g/mol. The summed E-state index contributed by atoms with van der Waals surface area (Å²) < 4.78 is 5.65. The molecule has 2 atom stereocenters. The molecule has 0 aliphatic carbocycles. The lowest BCUT2D eigenvalue weighted by Gasteiger charge is -2.36. The van der Waals surface area contributed by atoms with E-state index in [0.29, 0.717) is 12.2 Å². The van der Waals surface area contributed by atoms with Crippen molar-refractivity contribution >= 4 is 5.96 Å². The number of guanidine groups is 1. The molecule has 5 heteroatoms. The van der Waals surface area contributed by atoms with Crippen molar-refractivity contribution in [3.05, 3.63) is 0 Å². The largest absolute Gasteiger partial charge is 1.00 e. The van der Waals surface area contributed by atoms with Gasteiger partial charge < -0.3 is 31.9 Å². The molecule has 14 heavy (non-hydrogen) atoms. The second-order valence-electron chi connectivity index (χ2n) is 3.79. The van der Waals surface area contributed by atoms with Crippen LogP contribution in [0.4, 0.5) is 0 Å². The van der Waals surface area contributed by atoms with Gasteiger partial charge in [0.25, 0.3) is 0 Å². The molecule has 2 rings (SSSR count). The van der Waals surface area contributed by atoms with E-state index in [1.807, 2.05) is 0 Å². The van der Waals surface area contributed by atoms with E-state index >= 15 is 0 Å². The summed E-state index contributed by atoms with van der Waals surface area (Å²) in [7, 11) is 0. The number of nitrogens with one attached hydrogen (secondary N) is 1. The number of aliphatic imine (C=N–C) groups is 1. The molecule has 0 bridgehead atoms. The van der Waals surface area contributed by atoms with E-state index in [9.17, 15) is 0 Å².